The molecule has 0 spiro atoms. The van der Waals surface area contributed by atoms with Gasteiger partial charge in [-0.05, 0) is 59.5 Å². The number of aliphatic imine (C=N–C) groups is 1. The quantitative estimate of drug-likeness (QED) is 0.213. The first kappa shape index (κ1) is 26.0. The molecule has 41 heavy (non-hydrogen) atoms. The molecule has 5 aromatic rings. The molecule has 0 aliphatic carbocycles. The smallest absolute Gasteiger partial charge is 0.181 e. The van der Waals surface area contributed by atoms with E-state index in [0.29, 0.717) is 17.9 Å². The van der Waals surface area contributed by atoms with Crippen molar-refractivity contribution < 1.29 is 0 Å². The molecule has 0 saturated carbocycles. The molecule has 8 nitrogen and oxygen atoms in total. The number of fused-ring (bicyclic) bond motifs is 1. The summed E-state index contributed by atoms with van der Waals surface area (Å²) < 4.78 is 0. The molecule has 4 aromatic heterocycles. The molecular weight excluding hydrogens is 508 g/mol. The largest absolute Gasteiger partial charge is 0.354 e. The second-order valence-electron chi connectivity index (χ2n) is 9.83. The van der Waals surface area contributed by atoms with Crippen molar-refractivity contribution in [3.8, 4) is 11.3 Å². The number of pyridine rings is 3. The maximum Gasteiger partial charge on any atom is 0.181 e. The highest BCUT2D eigenvalue weighted by Crippen LogP contribution is 2.30. The highest BCUT2D eigenvalue weighted by molar-refractivity contribution is 5.95. The van der Waals surface area contributed by atoms with E-state index in [9.17, 15) is 0 Å². The van der Waals surface area contributed by atoms with Crippen LogP contribution in [0.1, 0.15) is 22.4 Å². The summed E-state index contributed by atoms with van der Waals surface area (Å²) in [6, 6.07) is 18.3. The molecule has 1 aromatic carbocycles. The van der Waals surface area contributed by atoms with Crippen molar-refractivity contribution in [1.82, 2.24) is 30.5 Å². The van der Waals surface area contributed by atoms with Gasteiger partial charge in [-0.2, -0.15) is 5.10 Å². The highest BCUT2D eigenvalue weighted by atomic mass is 15.2. The van der Waals surface area contributed by atoms with Crippen LogP contribution in [0.2, 0.25) is 0 Å². The minimum absolute atomic E-state index is 0.610. The van der Waals surface area contributed by atoms with Gasteiger partial charge in [0.1, 0.15) is 0 Å². The molecule has 1 aliphatic heterocycles. The van der Waals surface area contributed by atoms with Gasteiger partial charge in [0, 0.05) is 66.3 Å². The van der Waals surface area contributed by atoms with Gasteiger partial charge >= 0.3 is 0 Å². The van der Waals surface area contributed by atoms with E-state index in [-0.39, 0.29) is 0 Å². The summed E-state index contributed by atoms with van der Waals surface area (Å²) in [6.07, 6.45) is 13.5. The van der Waals surface area contributed by atoms with Crippen LogP contribution in [0, 0.1) is 6.92 Å². The van der Waals surface area contributed by atoms with Gasteiger partial charge in [-0.25, -0.2) is 4.98 Å². The second kappa shape index (κ2) is 11.9. The van der Waals surface area contributed by atoms with E-state index in [1.807, 2.05) is 49.8 Å². The Morgan fingerprint density at radius 1 is 0.976 bits per heavy atom. The lowest BCUT2D eigenvalue weighted by atomic mass is 10.0. The zero-order valence-electron chi connectivity index (χ0n) is 22.8. The zero-order chi connectivity index (χ0) is 28.0. The van der Waals surface area contributed by atoms with Crippen LogP contribution in [-0.2, 0) is 6.54 Å². The van der Waals surface area contributed by atoms with Crippen molar-refractivity contribution in [3.05, 3.63) is 126 Å². The van der Waals surface area contributed by atoms with Crippen LogP contribution in [0.5, 0.6) is 0 Å². The molecule has 0 unspecified atom stereocenters. The molecule has 8 heteroatoms. The van der Waals surface area contributed by atoms with E-state index in [0.717, 1.165) is 63.4 Å². The minimum atomic E-state index is 0.610. The lowest BCUT2D eigenvalue weighted by Gasteiger charge is -2.14. The predicted molar refractivity (Wildman–Crippen MR) is 166 cm³/mol. The number of rotatable bonds is 9. The summed E-state index contributed by atoms with van der Waals surface area (Å²) in [5.41, 5.74) is 10.3. The van der Waals surface area contributed by atoms with Crippen LogP contribution in [0.15, 0.2) is 109 Å². The van der Waals surface area contributed by atoms with Gasteiger partial charge in [0.25, 0.3) is 0 Å². The monoisotopic (exact) mass is 538 g/mol. The second-order valence-corrected chi connectivity index (χ2v) is 9.83. The third-order valence-corrected chi connectivity index (χ3v) is 6.98. The number of nitrogens with one attached hydrogen (secondary N) is 3. The normalized spacial score (nSPS) is 13.0. The Hall–Kier alpha value is -5.21. The first-order valence-electron chi connectivity index (χ1n) is 13.5. The lowest BCUT2D eigenvalue weighted by Crippen LogP contribution is -2.17. The summed E-state index contributed by atoms with van der Waals surface area (Å²) in [5, 5.41) is 15.4. The Morgan fingerprint density at radius 2 is 1.88 bits per heavy atom. The topological polar surface area (TPSA) is 104 Å². The zero-order valence-corrected chi connectivity index (χ0v) is 22.8. The van der Waals surface area contributed by atoms with Crippen molar-refractivity contribution in [2.45, 2.75) is 13.5 Å². The van der Waals surface area contributed by atoms with E-state index >= 15 is 0 Å². The Bertz CT molecular complexity index is 1780. The van der Waals surface area contributed by atoms with Crippen LogP contribution in [0.25, 0.3) is 33.6 Å². The third-order valence-electron chi connectivity index (χ3n) is 6.98. The third kappa shape index (κ3) is 5.88. The molecule has 0 saturated heterocycles. The van der Waals surface area contributed by atoms with Crippen molar-refractivity contribution >= 4 is 34.2 Å². The molecule has 3 N–H and O–H groups in total. The van der Waals surface area contributed by atoms with Gasteiger partial charge in [-0.15, -0.1) is 0 Å². The fraction of sp³-hybridized carbons (Fsp3) is 0.121. The number of aromatic amines is 1. The van der Waals surface area contributed by atoms with Gasteiger partial charge in [-0.1, -0.05) is 43.0 Å². The number of hydrogen-bond donors (Lipinski definition) is 3. The summed E-state index contributed by atoms with van der Waals surface area (Å²) in [7, 11) is 0. The molecule has 1 aliphatic rings. The van der Waals surface area contributed by atoms with Crippen molar-refractivity contribution in [3.63, 3.8) is 0 Å². The van der Waals surface area contributed by atoms with Crippen molar-refractivity contribution in [2.24, 2.45) is 4.99 Å². The Labute approximate surface area is 238 Å². The summed E-state index contributed by atoms with van der Waals surface area (Å²) in [4.78, 5) is 18.0. The number of aromatic nitrogens is 5. The number of nitrogens with zero attached hydrogens (tertiary/aromatic N) is 5. The molecule has 0 bridgehead atoms. The van der Waals surface area contributed by atoms with Crippen molar-refractivity contribution in [1.29, 1.82) is 0 Å². The molecular formula is C33H30N8. The van der Waals surface area contributed by atoms with Crippen LogP contribution in [0.3, 0.4) is 0 Å². The molecule has 0 atom stereocenters. The highest BCUT2D eigenvalue weighted by Gasteiger charge is 2.15. The number of allylic oxidation sites excluding steroid dienone is 2. The molecule has 0 amide bonds. The number of anilines is 1. The number of H-pyrrole nitrogens is 1. The maximum atomic E-state index is 4.64. The van der Waals surface area contributed by atoms with Crippen LogP contribution < -0.4 is 10.6 Å². The molecule has 0 fully saturated rings. The SMILES string of the molecule is C=C(Nc1ccnc(-c2cccnc2)c1C)c1[nH]nc2ncc(C3=CCN=CC(CNCc4ccccc4)=C3)cc12. The van der Waals surface area contributed by atoms with Crippen LogP contribution in [-0.4, -0.2) is 44.5 Å². The van der Waals surface area contributed by atoms with E-state index in [2.05, 4.69) is 89.8 Å². The average molecular weight is 539 g/mol. The van der Waals surface area contributed by atoms with Gasteiger partial charge in [0.2, 0.25) is 0 Å². The fourth-order valence-corrected chi connectivity index (χ4v) is 4.84. The standard InChI is InChI=1S/C33H30N8/c1-22-30(11-14-37-31(22)27-9-6-12-34-20-27)39-23(2)32-29-16-28(21-38-33(29)41-40-32)26-10-13-35-18-25(15-26)19-36-17-24-7-4-3-5-8-24/h3-12,14-16,18,20-21,36H,2,13,17,19H2,1H3,(H,37,39)(H,38,40,41). The van der Waals surface area contributed by atoms with Crippen LogP contribution >= 0.6 is 0 Å². The maximum absolute atomic E-state index is 4.64. The summed E-state index contributed by atoms with van der Waals surface area (Å²) in [5.74, 6) is 0. The Balaban J connectivity index is 1.22. The first-order valence-corrected chi connectivity index (χ1v) is 13.5. The van der Waals surface area contributed by atoms with Crippen LogP contribution in [0.4, 0.5) is 5.69 Å². The molecule has 6 rings (SSSR count). The van der Waals surface area contributed by atoms with Gasteiger partial charge in [0.15, 0.2) is 5.65 Å². The summed E-state index contributed by atoms with van der Waals surface area (Å²) in [6.45, 7) is 8.48. The predicted octanol–water partition coefficient (Wildman–Crippen LogP) is 5.99. The molecule has 5 heterocycles. The Morgan fingerprint density at radius 3 is 2.73 bits per heavy atom. The fourth-order valence-electron chi connectivity index (χ4n) is 4.84. The first-order chi connectivity index (χ1) is 20.2. The minimum Gasteiger partial charge on any atom is -0.354 e. The molecule has 0 radical (unpaired) electrons. The van der Waals surface area contributed by atoms with E-state index in [1.165, 1.54) is 5.56 Å². The van der Waals surface area contributed by atoms with E-state index < -0.39 is 0 Å². The van der Waals surface area contributed by atoms with Gasteiger partial charge in [0.05, 0.1) is 23.6 Å². The van der Waals surface area contributed by atoms with E-state index in [4.69, 9.17) is 0 Å². The Kier molecular flexibility index (Phi) is 7.55. The van der Waals surface area contributed by atoms with Gasteiger partial charge < -0.3 is 10.6 Å². The number of hydrogen-bond acceptors (Lipinski definition) is 7. The average Bonchev–Trinajstić information content (AvgIpc) is 3.29. The van der Waals surface area contributed by atoms with Gasteiger partial charge in [-0.3, -0.25) is 20.1 Å². The summed E-state index contributed by atoms with van der Waals surface area (Å²) >= 11 is 0. The van der Waals surface area contributed by atoms with Crippen molar-refractivity contribution in [2.75, 3.05) is 18.4 Å². The number of benzene rings is 1. The molecule has 202 valence electrons. The van der Waals surface area contributed by atoms with E-state index in [1.54, 1.807) is 12.4 Å². The lowest BCUT2D eigenvalue weighted by molar-refractivity contribution is 0.752.